The summed E-state index contributed by atoms with van der Waals surface area (Å²) >= 11 is 0. The van der Waals surface area contributed by atoms with Crippen molar-refractivity contribution < 1.29 is 14.3 Å². The molecule has 2 heterocycles. The monoisotopic (exact) mass is 339 g/mol. The van der Waals surface area contributed by atoms with Crippen molar-refractivity contribution in [3.8, 4) is 0 Å². The predicted molar refractivity (Wildman–Crippen MR) is 89.5 cm³/mol. The summed E-state index contributed by atoms with van der Waals surface area (Å²) in [6, 6.07) is 0.278. The zero-order chi connectivity index (χ0) is 17.7. The van der Waals surface area contributed by atoms with Crippen LogP contribution in [-0.4, -0.2) is 63.9 Å². The average molecular weight is 339 g/mol. The van der Waals surface area contributed by atoms with Crippen molar-refractivity contribution in [2.24, 2.45) is 0 Å². The van der Waals surface area contributed by atoms with Crippen LogP contribution >= 0.6 is 0 Å². The van der Waals surface area contributed by atoms with Crippen LogP contribution in [0.1, 0.15) is 39.8 Å². The molecule has 1 aliphatic rings. The van der Waals surface area contributed by atoms with Crippen LogP contribution in [0, 0.1) is 0 Å². The van der Waals surface area contributed by atoms with Gasteiger partial charge >= 0.3 is 6.09 Å². The molecule has 2 atom stereocenters. The third kappa shape index (κ3) is 4.91. The minimum atomic E-state index is -0.486. The molecule has 8 heteroatoms. The SMILES string of the molecule is CCn1ncc(CNC2CN(C(=O)OC(C)(C)C)C2CCOC)n1. The number of amides is 1. The second-order valence-corrected chi connectivity index (χ2v) is 6.99. The Morgan fingerprint density at radius 3 is 2.79 bits per heavy atom. The molecule has 2 unspecified atom stereocenters. The van der Waals surface area contributed by atoms with Gasteiger partial charge in [-0.05, 0) is 34.1 Å². The number of carbonyl (C=O) groups excluding carboxylic acids is 1. The molecule has 1 aromatic rings. The number of likely N-dealkylation sites (tertiary alicyclic amines) is 1. The molecule has 1 fully saturated rings. The summed E-state index contributed by atoms with van der Waals surface area (Å²) in [6.45, 7) is 10.3. The van der Waals surface area contributed by atoms with Crippen molar-refractivity contribution in [2.45, 2.75) is 64.9 Å². The lowest BCUT2D eigenvalue weighted by Gasteiger charge is -2.48. The van der Waals surface area contributed by atoms with E-state index in [4.69, 9.17) is 9.47 Å². The van der Waals surface area contributed by atoms with Crippen LogP contribution in [0.5, 0.6) is 0 Å². The molecule has 0 aliphatic carbocycles. The lowest BCUT2D eigenvalue weighted by molar-refractivity contribution is -0.0256. The summed E-state index contributed by atoms with van der Waals surface area (Å²) in [6.07, 6.45) is 2.28. The average Bonchev–Trinajstić information content (AvgIpc) is 2.92. The van der Waals surface area contributed by atoms with Crippen LogP contribution in [0.15, 0.2) is 6.20 Å². The van der Waals surface area contributed by atoms with Gasteiger partial charge in [0.1, 0.15) is 5.60 Å². The maximum absolute atomic E-state index is 12.3. The summed E-state index contributed by atoms with van der Waals surface area (Å²) in [5.41, 5.74) is 0.415. The van der Waals surface area contributed by atoms with Crippen LogP contribution in [0.2, 0.25) is 0 Å². The fourth-order valence-electron chi connectivity index (χ4n) is 2.68. The van der Waals surface area contributed by atoms with Gasteiger partial charge in [0, 0.05) is 32.8 Å². The Morgan fingerprint density at radius 1 is 1.46 bits per heavy atom. The molecular weight excluding hydrogens is 310 g/mol. The van der Waals surface area contributed by atoms with E-state index >= 15 is 0 Å². The highest BCUT2D eigenvalue weighted by atomic mass is 16.6. The van der Waals surface area contributed by atoms with E-state index in [1.54, 1.807) is 23.0 Å². The molecule has 0 bridgehead atoms. The van der Waals surface area contributed by atoms with Gasteiger partial charge in [-0.2, -0.15) is 15.0 Å². The van der Waals surface area contributed by atoms with Crippen molar-refractivity contribution in [1.82, 2.24) is 25.2 Å². The van der Waals surface area contributed by atoms with E-state index in [2.05, 4.69) is 15.5 Å². The van der Waals surface area contributed by atoms with E-state index in [9.17, 15) is 4.79 Å². The number of hydrogen-bond donors (Lipinski definition) is 1. The van der Waals surface area contributed by atoms with Gasteiger partial charge in [-0.15, -0.1) is 0 Å². The van der Waals surface area contributed by atoms with Crippen molar-refractivity contribution in [3.05, 3.63) is 11.9 Å². The topological polar surface area (TPSA) is 81.5 Å². The van der Waals surface area contributed by atoms with Gasteiger partial charge in [-0.25, -0.2) is 4.79 Å². The maximum atomic E-state index is 12.3. The first-order valence-electron chi connectivity index (χ1n) is 8.45. The highest BCUT2D eigenvalue weighted by molar-refractivity contribution is 5.70. The minimum absolute atomic E-state index is 0.0704. The number of carbonyl (C=O) groups is 1. The Bertz CT molecular complexity index is 540. The Kier molecular flexibility index (Phi) is 6.17. The maximum Gasteiger partial charge on any atom is 0.410 e. The molecule has 1 N–H and O–H groups in total. The van der Waals surface area contributed by atoms with Gasteiger partial charge in [-0.1, -0.05) is 0 Å². The Hall–Kier alpha value is -1.67. The third-order valence-electron chi connectivity index (χ3n) is 3.92. The lowest BCUT2D eigenvalue weighted by atomic mass is 9.94. The van der Waals surface area contributed by atoms with Crippen molar-refractivity contribution in [1.29, 1.82) is 0 Å². The number of ether oxygens (including phenoxy) is 2. The molecule has 1 aromatic heterocycles. The number of nitrogens with one attached hydrogen (secondary N) is 1. The molecular formula is C16H29N5O3. The molecule has 1 saturated heterocycles. The fraction of sp³-hybridized carbons (Fsp3) is 0.812. The summed E-state index contributed by atoms with van der Waals surface area (Å²) in [4.78, 5) is 15.7. The molecule has 0 saturated carbocycles. The smallest absolute Gasteiger partial charge is 0.410 e. The number of aromatic nitrogens is 3. The molecule has 1 amide bonds. The van der Waals surface area contributed by atoms with E-state index in [1.807, 2.05) is 27.7 Å². The highest BCUT2D eigenvalue weighted by Crippen LogP contribution is 2.24. The normalized spacial score (nSPS) is 20.8. The van der Waals surface area contributed by atoms with Crippen molar-refractivity contribution in [2.75, 3.05) is 20.3 Å². The van der Waals surface area contributed by atoms with Crippen LogP contribution in [0.3, 0.4) is 0 Å². The van der Waals surface area contributed by atoms with Gasteiger partial charge in [0.2, 0.25) is 0 Å². The summed E-state index contributed by atoms with van der Waals surface area (Å²) < 4.78 is 10.6. The molecule has 0 aromatic carbocycles. The zero-order valence-corrected chi connectivity index (χ0v) is 15.3. The van der Waals surface area contributed by atoms with Gasteiger partial charge < -0.3 is 19.7 Å². The number of rotatable bonds is 7. The molecule has 2 rings (SSSR count). The van der Waals surface area contributed by atoms with Crippen molar-refractivity contribution in [3.63, 3.8) is 0 Å². The largest absolute Gasteiger partial charge is 0.444 e. The Balaban J connectivity index is 1.89. The zero-order valence-electron chi connectivity index (χ0n) is 15.3. The molecule has 136 valence electrons. The number of methoxy groups -OCH3 is 1. The fourth-order valence-corrected chi connectivity index (χ4v) is 2.68. The summed E-state index contributed by atoms with van der Waals surface area (Å²) in [5.74, 6) is 0. The quantitative estimate of drug-likeness (QED) is 0.809. The van der Waals surface area contributed by atoms with E-state index in [0.717, 1.165) is 18.7 Å². The van der Waals surface area contributed by atoms with Crippen LogP contribution < -0.4 is 5.32 Å². The van der Waals surface area contributed by atoms with Gasteiger partial charge in [0.25, 0.3) is 0 Å². The molecule has 0 radical (unpaired) electrons. The minimum Gasteiger partial charge on any atom is -0.444 e. The van der Waals surface area contributed by atoms with E-state index < -0.39 is 5.60 Å². The Labute approximate surface area is 143 Å². The predicted octanol–water partition coefficient (Wildman–Crippen LogP) is 1.41. The van der Waals surface area contributed by atoms with Gasteiger partial charge in [0.05, 0.1) is 24.5 Å². The standard InChI is InChI=1S/C16H29N5O3/c1-6-21-18-10-12(19-21)9-17-13-11-20(14(13)7-8-23-5)15(22)24-16(2,3)4/h10,13-14,17H,6-9,11H2,1-5H3. The first-order valence-corrected chi connectivity index (χ1v) is 8.45. The van der Waals surface area contributed by atoms with Crippen LogP contribution in [0.25, 0.3) is 0 Å². The number of nitrogens with zero attached hydrogens (tertiary/aromatic N) is 4. The van der Waals surface area contributed by atoms with Gasteiger partial charge in [0.15, 0.2) is 0 Å². The van der Waals surface area contributed by atoms with Gasteiger partial charge in [-0.3, -0.25) is 0 Å². The first-order chi connectivity index (χ1) is 11.3. The van der Waals surface area contributed by atoms with Crippen molar-refractivity contribution >= 4 is 6.09 Å². The molecule has 24 heavy (non-hydrogen) atoms. The molecule has 0 spiro atoms. The number of aryl methyl sites for hydroxylation is 1. The molecule has 1 aliphatic heterocycles. The summed E-state index contributed by atoms with van der Waals surface area (Å²) in [7, 11) is 1.67. The third-order valence-corrected chi connectivity index (χ3v) is 3.92. The van der Waals surface area contributed by atoms with Crippen LogP contribution in [-0.2, 0) is 22.6 Å². The highest BCUT2D eigenvalue weighted by Gasteiger charge is 2.43. The van der Waals surface area contributed by atoms with E-state index in [0.29, 0.717) is 19.7 Å². The summed E-state index contributed by atoms with van der Waals surface area (Å²) in [5, 5.41) is 12.0. The second-order valence-electron chi connectivity index (χ2n) is 6.99. The lowest BCUT2D eigenvalue weighted by Crippen LogP contribution is -2.67. The second kappa shape index (κ2) is 7.94. The van der Waals surface area contributed by atoms with E-state index in [-0.39, 0.29) is 18.2 Å². The first kappa shape index (κ1) is 18.7. The number of hydrogen-bond acceptors (Lipinski definition) is 6. The molecule has 8 nitrogen and oxygen atoms in total. The van der Waals surface area contributed by atoms with Crippen LogP contribution in [0.4, 0.5) is 4.79 Å². The Morgan fingerprint density at radius 2 is 2.21 bits per heavy atom. The van der Waals surface area contributed by atoms with E-state index in [1.165, 1.54) is 0 Å².